The van der Waals surface area contributed by atoms with Gasteiger partial charge >= 0.3 is 0 Å². The summed E-state index contributed by atoms with van der Waals surface area (Å²) in [6.07, 6.45) is 6.61. The maximum absolute atomic E-state index is 14.2. The molecule has 0 radical (unpaired) electrons. The van der Waals surface area contributed by atoms with Gasteiger partial charge in [-0.2, -0.15) is 0 Å². The average molecular weight is 781 g/mol. The third-order valence-electron chi connectivity index (χ3n) is 10.1. The fourth-order valence-electron chi connectivity index (χ4n) is 6.67. The van der Waals surface area contributed by atoms with E-state index in [1.165, 1.54) is 0 Å². The van der Waals surface area contributed by atoms with E-state index in [2.05, 4.69) is 45.7 Å². The molecule has 0 aliphatic carbocycles. The van der Waals surface area contributed by atoms with Crippen molar-refractivity contribution in [2.75, 3.05) is 72.0 Å². The second-order valence-electron chi connectivity index (χ2n) is 16.2. The average Bonchev–Trinajstić information content (AvgIpc) is 3.14. The monoisotopic (exact) mass is 781 g/mol. The van der Waals surface area contributed by atoms with Gasteiger partial charge in [0.2, 0.25) is 17.7 Å². The highest BCUT2D eigenvalue weighted by atomic mass is 16.2. The van der Waals surface area contributed by atoms with Gasteiger partial charge in [0.05, 0.1) is 6.54 Å². The largest absolute Gasteiger partial charge is 0.356 e. The van der Waals surface area contributed by atoms with E-state index in [0.29, 0.717) is 71.9 Å². The van der Waals surface area contributed by atoms with Gasteiger partial charge in [0.1, 0.15) is 17.3 Å². The van der Waals surface area contributed by atoms with Crippen LogP contribution in [0.4, 0.5) is 0 Å². The summed E-state index contributed by atoms with van der Waals surface area (Å²) in [5, 5.41) is 18.2. The minimum Gasteiger partial charge on any atom is -0.356 e. The van der Waals surface area contributed by atoms with Crippen LogP contribution in [0.1, 0.15) is 126 Å². The quantitative estimate of drug-likeness (QED) is 0.0431. The number of rotatable bonds is 36. The first kappa shape index (κ1) is 52.2. The predicted molar refractivity (Wildman–Crippen MR) is 221 cm³/mol. The summed E-state index contributed by atoms with van der Waals surface area (Å²) < 4.78 is 0. The first-order chi connectivity index (χ1) is 26.1. The summed E-state index contributed by atoms with van der Waals surface area (Å²) in [6.45, 7) is 18.4. The van der Waals surface area contributed by atoms with Gasteiger partial charge in [0, 0.05) is 107 Å². The lowest BCUT2D eigenvalue weighted by Gasteiger charge is -2.33. The SMILES string of the molecule is CCCCCCNC(=O)CC(CC)C(=O)C(C)(C)CC(CC(=O)C(C)(C)CC(CC(=O)NCCNCCN)C(=O)CNCCCC)C(=O)NCCNCCN. The number of nitrogens with two attached hydrogens (primary N) is 2. The summed E-state index contributed by atoms with van der Waals surface area (Å²) in [5.41, 5.74) is 9.03. The molecule has 3 amide bonds. The summed E-state index contributed by atoms with van der Waals surface area (Å²) in [6, 6.07) is 0. The van der Waals surface area contributed by atoms with Crippen molar-refractivity contribution >= 4 is 35.1 Å². The van der Waals surface area contributed by atoms with Gasteiger partial charge in [-0.25, -0.2) is 0 Å². The van der Waals surface area contributed by atoms with E-state index in [4.69, 9.17) is 11.5 Å². The Hall–Kier alpha value is -2.78. The van der Waals surface area contributed by atoms with E-state index in [1.54, 1.807) is 27.7 Å². The molecule has 10 N–H and O–H groups in total. The maximum Gasteiger partial charge on any atom is 0.223 e. The van der Waals surface area contributed by atoms with Crippen LogP contribution in [0.5, 0.6) is 0 Å². The Morgan fingerprint density at radius 1 is 0.527 bits per heavy atom. The van der Waals surface area contributed by atoms with Crippen LogP contribution >= 0.6 is 0 Å². The van der Waals surface area contributed by atoms with Gasteiger partial charge in [-0.3, -0.25) is 28.8 Å². The van der Waals surface area contributed by atoms with E-state index in [9.17, 15) is 28.8 Å². The lowest BCUT2D eigenvalue weighted by Crippen LogP contribution is -2.43. The van der Waals surface area contributed by atoms with Crippen LogP contribution in [-0.2, 0) is 28.8 Å². The van der Waals surface area contributed by atoms with Crippen molar-refractivity contribution < 1.29 is 28.8 Å². The molecule has 0 aromatic heterocycles. The molecular weight excluding hydrogens is 701 g/mol. The first-order valence-electron chi connectivity index (χ1n) is 21.0. The molecule has 0 heterocycles. The molecule has 3 unspecified atom stereocenters. The van der Waals surface area contributed by atoms with E-state index >= 15 is 0 Å². The van der Waals surface area contributed by atoms with Crippen LogP contribution in [0.25, 0.3) is 0 Å². The molecule has 0 fully saturated rings. The smallest absolute Gasteiger partial charge is 0.223 e. The molecule has 0 saturated heterocycles. The third kappa shape index (κ3) is 23.8. The summed E-state index contributed by atoms with van der Waals surface area (Å²) in [7, 11) is 0. The lowest BCUT2D eigenvalue weighted by atomic mass is 9.70. The van der Waals surface area contributed by atoms with Gasteiger partial charge in [-0.1, -0.05) is 74.1 Å². The lowest BCUT2D eigenvalue weighted by molar-refractivity contribution is -0.139. The molecule has 0 bridgehead atoms. The normalized spacial score (nSPS) is 13.5. The molecule has 320 valence electrons. The number of unbranched alkanes of at least 4 members (excludes halogenated alkanes) is 4. The first-order valence-corrected chi connectivity index (χ1v) is 21.0. The fraction of sp³-hybridized carbons (Fsp3) is 0.854. The van der Waals surface area contributed by atoms with Gasteiger partial charge in [0.25, 0.3) is 0 Å². The molecule has 0 aromatic carbocycles. The number of hydrogen-bond acceptors (Lipinski definition) is 11. The van der Waals surface area contributed by atoms with Gasteiger partial charge in [-0.15, -0.1) is 0 Å². The van der Waals surface area contributed by atoms with E-state index in [0.717, 1.165) is 38.5 Å². The Kier molecular flexibility index (Phi) is 28.8. The van der Waals surface area contributed by atoms with Crippen LogP contribution < -0.4 is 43.4 Å². The van der Waals surface area contributed by atoms with Crippen molar-refractivity contribution in [1.29, 1.82) is 0 Å². The molecule has 0 aliphatic heterocycles. The van der Waals surface area contributed by atoms with E-state index in [-0.39, 0.29) is 73.7 Å². The molecular formula is C41H80N8O6. The topological polar surface area (TPSA) is 227 Å². The van der Waals surface area contributed by atoms with E-state index in [1.807, 2.05) is 6.92 Å². The van der Waals surface area contributed by atoms with Crippen molar-refractivity contribution in [2.45, 2.75) is 126 Å². The zero-order valence-electron chi connectivity index (χ0n) is 35.6. The highest BCUT2D eigenvalue weighted by Gasteiger charge is 2.41. The Bertz CT molecular complexity index is 1130. The van der Waals surface area contributed by atoms with Crippen LogP contribution in [0.2, 0.25) is 0 Å². The number of ketones is 3. The Morgan fingerprint density at radius 2 is 1.07 bits per heavy atom. The zero-order chi connectivity index (χ0) is 41.7. The number of carbonyl (C=O) groups excluding carboxylic acids is 6. The van der Waals surface area contributed by atoms with Crippen LogP contribution in [-0.4, -0.2) is 107 Å². The minimum absolute atomic E-state index is 0.0616. The number of carbonyl (C=O) groups is 6. The minimum atomic E-state index is -1.05. The van der Waals surface area contributed by atoms with Crippen molar-refractivity contribution in [3.05, 3.63) is 0 Å². The number of nitrogens with one attached hydrogen (secondary N) is 6. The number of hydrogen-bond donors (Lipinski definition) is 8. The van der Waals surface area contributed by atoms with Crippen molar-refractivity contribution in [3.8, 4) is 0 Å². The van der Waals surface area contributed by atoms with Gasteiger partial charge in [0.15, 0.2) is 0 Å². The Labute approximate surface area is 332 Å². The second-order valence-corrected chi connectivity index (χ2v) is 16.2. The van der Waals surface area contributed by atoms with Crippen molar-refractivity contribution in [1.82, 2.24) is 31.9 Å². The Balaban J connectivity index is 6.06. The number of amides is 3. The highest BCUT2D eigenvalue weighted by molar-refractivity contribution is 5.94. The second kappa shape index (κ2) is 30.4. The molecule has 55 heavy (non-hydrogen) atoms. The highest BCUT2D eigenvalue weighted by Crippen LogP contribution is 2.36. The molecule has 0 saturated carbocycles. The Morgan fingerprint density at radius 3 is 1.64 bits per heavy atom. The fourth-order valence-corrected chi connectivity index (χ4v) is 6.67. The standard InChI is InChI=1S/C41H80N8O6/c1-8-11-13-14-18-47-36(52)26-31(10-3)38(54)41(6,7)29-33(39(55)49-24-22-45-20-16-43)25-35(51)40(4,5)28-32(34(50)30-46-17-12-9-2)27-37(53)48-23-21-44-19-15-42/h31-33,44-46H,8-30,42-43H2,1-7H3,(H,47,52)(H,48,53)(H,49,55). The van der Waals surface area contributed by atoms with Crippen LogP contribution in [0.15, 0.2) is 0 Å². The van der Waals surface area contributed by atoms with Gasteiger partial charge < -0.3 is 43.4 Å². The molecule has 0 spiro atoms. The maximum atomic E-state index is 14.2. The summed E-state index contributed by atoms with van der Waals surface area (Å²) >= 11 is 0. The molecule has 14 nitrogen and oxygen atoms in total. The molecule has 14 heteroatoms. The molecule has 3 atom stereocenters. The van der Waals surface area contributed by atoms with Crippen LogP contribution in [0.3, 0.4) is 0 Å². The molecule has 0 aromatic rings. The molecule has 0 aliphatic rings. The summed E-state index contributed by atoms with van der Waals surface area (Å²) in [4.78, 5) is 81.2. The number of Topliss-reactive ketones (excluding diaryl/α,β-unsaturated/α-hetero) is 3. The predicted octanol–water partition coefficient (Wildman–Crippen LogP) is 2.37. The van der Waals surface area contributed by atoms with Crippen molar-refractivity contribution in [3.63, 3.8) is 0 Å². The van der Waals surface area contributed by atoms with Crippen molar-refractivity contribution in [2.24, 2.45) is 40.1 Å². The molecule has 0 rings (SSSR count). The summed E-state index contributed by atoms with van der Waals surface area (Å²) in [5.74, 6) is -3.34. The van der Waals surface area contributed by atoms with E-state index < -0.39 is 28.6 Å². The van der Waals surface area contributed by atoms with Gasteiger partial charge in [-0.05, 0) is 38.6 Å². The zero-order valence-corrected chi connectivity index (χ0v) is 35.6. The van der Waals surface area contributed by atoms with Crippen LogP contribution in [0, 0.1) is 28.6 Å². The third-order valence-corrected chi connectivity index (χ3v) is 10.1.